The maximum absolute atomic E-state index is 13.3. The Labute approximate surface area is 135 Å². The lowest BCUT2D eigenvalue weighted by Gasteiger charge is -2.03. The molecule has 0 aliphatic heterocycles. The molecule has 1 aromatic carbocycles. The molecule has 0 aliphatic rings. The van der Waals surface area contributed by atoms with Gasteiger partial charge in [-0.3, -0.25) is 0 Å². The fourth-order valence-corrected chi connectivity index (χ4v) is 1.94. The van der Waals surface area contributed by atoms with E-state index in [1.165, 1.54) is 13.3 Å². The van der Waals surface area contributed by atoms with Crippen LogP contribution in [0.1, 0.15) is 15.9 Å². The molecule has 1 aromatic heterocycles. The molecule has 0 N–H and O–H groups in total. The highest BCUT2D eigenvalue weighted by atomic mass is 35.5. The lowest BCUT2D eigenvalue weighted by molar-refractivity contribution is 0.0518. The van der Waals surface area contributed by atoms with Gasteiger partial charge in [-0.25, -0.2) is 14.2 Å². The van der Waals surface area contributed by atoms with Gasteiger partial charge in [0.1, 0.15) is 16.5 Å². The Morgan fingerprint density at radius 2 is 2.05 bits per heavy atom. The van der Waals surface area contributed by atoms with Crippen molar-refractivity contribution in [3.05, 3.63) is 57.6 Å². The number of pyridine rings is 1. The molecule has 5 nitrogen and oxygen atoms in total. The Morgan fingerprint density at radius 1 is 1.32 bits per heavy atom. The van der Waals surface area contributed by atoms with Crippen LogP contribution in [0.25, 0.3) is 0 Å². The molecule has 0 saturated heterocycles. The Kier molecular flexibility index (Phi) is 5.30. The topological polar surface area (TPSA) is 60.8 Å². The molecule has 0 unspecified atom stereocenters. The SMILES string of the molecule is COc1ccccc1/C=N/OC(=O)c1cc(F)c(Cl)nc1Cl. The summed E-state index contributed by atoms with van der Waals surface area (Å²) in [5, 5.41) is 2.82. The zero-order valence-corrected chi connectivity index (χ0v) is 12.7. The average molecular weight is 343 g/mol. The summed E-state index contributed by atoms with van der Waals surface area (Å²) in [5.41, 5.74) is 0.324. The van der Waals surface area contributed by atoms with Crippen LogP contribution < -0.4 is 4.74 Å². The number of aromatic nitrogens is 1. The number of hydrogen-bond donors (Lipinski definition) is 0. The van der Waals surface area contributed by atoms with Gasteiger partial charge in [0.05, 0.1) is 13.3 Å². The van der Waals surface area contributed by atoms with E-state index in [-0.39, 0.29) is 10.7 Å². The molecule has 0 amide bonds. The number of hydrogen-bond acceptors (Lipinski definition) is 5. The molecule has 0 radical (unpaired) electrons. The van der Waals surface area contributed by atoms with Crippen LogP contribution >= 0.6 is 23.2 Å². The summed E-state index contributed by atoms with van der Waals surface area (Å²) in [5.74, 6) is -1.29. The van der Waals surface area contributed by atoms with Crippen LogP contribution in [0.2, 0.25) is 10.3 Å². The number of para-hydroxylation sites is 1. The van der Waals surface area contributed by atoms with E-state index in [9.17, 15) is 9.18 Å². The second-order valence-electron chi connectivity index (χ2n) is 3.95. The van der Waals surface area contributed by atoms with E-state index in [1.807, 2.05) is 0 Å². The summed E-state index contributed by atoms with van der Waals surface area (Å²) in [6.45, 7) is 0. The Hall–Kier alpha value is -2.18. The minimum atomic E-state index is -0.959. The molecule has 2 aromatic rings. The van der Waals surface area contributed by atoms with E-state index in [0.29, 0.717) is 11.3 Å². The van der Waals surface area contributed by atoms with Crippen LogP contribution in [0.3, 0.4) is 0 Å². The summed E-state index contributed by atoms with van der Waals surface area (Å²) in [7, 11) is 1.50. The third kappa shape index (κ3) is 3.72. The smallest absolute Gasteiger partial charge is 0.368 e. The van der Waals surface area contributed by atoms with Gasteiger partial charge >= 0.3 is 5.97 Å². The van der Waals surface area contributed by atoms with Gasteiger partial charge in [-0.05, 0) is 18.2 Å². The third-order valence-electron chi connectivity index (χ3n) is 2.57. The van der Waals surface area contributed by atoms with Crippen molar-refractivity contribution in [1.82, 2.24) is 4.98 Å². The number of nitrogens with zero attached hydrogens (tertiary/aromatic N) is 2. The van der Waals surface area contributed by atoms with Crippen LogP contribution in [0.5, 0.6) is 5.75 Å². The summed E-state index contributed by atoms with van der Waals surface area (Å²) in [6, 6.07) is 7.81. The molecule has 0 fully saturated rings. The standard InChI is InChI=1S/C14H9Cl2FN2O3/c1-21-11-5-3-2-4-8(11)7-18-22-14(20)9-6-10(17)13(16)19-12(9)15/h2-7H,1H3/b18-7+. The lowest BCUT2D eigenvalue weighted by atomic mass is 10.2. The highest BCUT2D eigenvalue weighted by Gasteiger charge is 2.17. The molecule has 8 heteroatoms. The third-order valence-corrected chi connectivity index (χ3v) is 3.13. The molecular weight excluding hydrogens is 334 g/mol. The molecule has 114 valence electrons. The van der Waals surface area contributed by atoms with Gasteiger partial charge in [-0.15, -0.1) is 0 Å². The predicted molar refractivity (Wildman–Crippen MR) is 80.2 cm³/mol. The van der Waals surface area contributed by atoms with Crippen LogP contribution in [0.15, 0.2) is 35.5 Å². The molecular formula is C14H9Cl2FN2O3. The largest absolute Gasteiger partial charge is 0.496 e. The first-order valence-corrected chi connectivity index (χ1v) is 6.67. The summed E-state index contributed by atoms with van der Waals surface area (Å²) >= 11 is 11.1. The summed E-state index contributed by atoms with van der Waals surface area (Å²) < 4.78 is 18.4. The van der Waals surface area contributed by atoms with E-state index in [2.05, 4.69) is 15.0 Å². The van der Waals surface area contributed by atoms with Gasteiger partial charge in [0.15, 0.2) is 11.0 Å². The van der Waals surface area contributed by atoms with Crippen molar-refractivity contribution in [2.45, 2.75) is 0 Å². The van der Waals surface area contributed by atoms with Crippen molar-refractivity contribution < 1.29 is 18.8 Å². The first-order valence-electron chi connectivity index (χ1n) is 5.92. The molecule has 0 bridgehead atoms. The monoisotopic (exact) mass is 342 g/mol. The van der Waals surface area contributed by atoms with Crippen LogP contribution in [0.4, 0.5) is 4.39 Å². The first-order chi connectivity index (χ1) is 10.5. The second-order valence-corrected chi connectivity index (χ2v) is 4.67. The Balaban J connectivity index is 2.13. The second kappa shape index (κ2) is 7.20. The Bertz CT molecular complexity index is 738. The number of oxime groups is 1. The first kappa shape index (κ1) is 16.2. The van der Waals surface area contributed by atoms with Crippen molar-refractivity contribution in [3.63, 3.8) is 0 Å². The van der Waals surface area contributed by atoms with Crippen LogP contribution in [0, 0.1) is 5.82 Å². The molecule has 22 heavy (non-hydrogen) atoms. The quantitative estimate of drug-likeness (QED) is 0.367. The van der Waals surface area contributed by atoms with E-state index >= 15 is 0 Å². The van der Waals surface area contributed by atoms with Crippen molar-refractivity contribution in [2.24, 2.45) is 5.16 Å². The van der Waals surface area contributed by atoms with Gasteiger partial charge in [-0.2, -0.15) is 0 Å². The minimum absolute atomic E-state index is 0.274. The number of halogens is 3. The summed E-state index contributed by atoms with van der Waals surface area (Å²) in [4.78, 5) is 19.9. The minimum Gasteiger partial charge on any atom is -0.496 e. The fourth-order valence-electron chi connectivity index (χ4n) is 1.54. The molecule has 2 rings (SSSR count). The number of carbonyl (C=O) groups is 1. The summed E-state index contributed by atoms with van der Waals surface area (Å²) in [6.07, 6.45) is 1.28. The molecule has 1 heterocycles. The van der Waals surface area contributed by atoms with Crippen molar-refractivity contribution >= 4 is 35.4 Å². The van der Waals surface area contributed by atoms with E-state index in [1.54, 1.807) is 24.3 Å². The highest BCUT2D eigenvalue weighted by molar-refractivity contribution is 6.34. The number of ether oxygens (including phenoxy) is 1. The van der Waals surface area contributed by atoms with Gasteiger partial charge in [-0.1, -0.05) is 40.5 Å². The molecule has 0 atom stereocenters. The fraction of sp³-hybridized carbons (Fsp3) is 0.0714. The van der Waals surface area contributed by atoms with Gasteiger partial charge in [0.2, 0.25) is 0 Å². The van der Waals surface area contributed by atoms with E-state index in [4.69, 9.17) is 27.9 Å². The molecule has 0 saturated carbocycles. The van der Waals surface area contributed by atoms with Crippen LogP contribution in [-0.4, -0.2) is 24.3 Å². The Morgan fingerprint density at radius 3 is 2.77 bits per heavy atom. The zero-order valence-electron chi connectivity index (χ0n) is 11.2. The number of rotatable bonds is 4. The van der Waals surface area contributed by atoms with E-state index in [0.717, 1.165) is 6.07 Å². The van der Waals surface area contributed by atoms with Gasteiger partial charge in [0, 0.05) is 5.56 Å². The maximum Gasteiger partial charge on any atom is 0.368 e. The van der Waals surface area contributed by atoms with Crippen molar-refractivity contribution in [3.8, 4) is 5.75 Å². The highest BCUT2D eigenvalue weighted by Crippen LogP contribution is 2.21. The number of carbonyl (C=O) groups excluding carboxylic acids is 1. The number of methoxy groups -OCH3 is 1. The van der Waals surface area contributed by atoms with Crippen molar-refractivity contribution in [1.29, 1.82) is 0 Å². The normalized spacial score (nSPS) is 10.7. The van der Waals surface area contributed by atoms with Crippen LogP contribution in [-0.2, 0) is 4.84 Å². The molecule has 0 spiro atoms. The maximum atomic E-state index is 13.3. The molecule has 0 aliphatic carbocycles. The number of benzene rings is 1. The van der Waals surface area contributed by atoms with E-state index < -0.39 is 16.9 Å². The van der Waals surface area contributed by atoms with Gasteiger partial charge < -0.3 is 9.57 Å². The van der Waals surface area contributed by atoms with Gasteiger partial charge in [0.25, 0.3) is 0 Å². The van der Waals surface area contributed by atoms with Crippen molar-refractivity contribution in [2.75, 3.05) is 7.11 Å². The lowest BCUT2D eigenvalue weighted by Crippen LogP contribution is -2.05. The average Bonchev–Trinajstić information content (AvgIpc) is 2.51. The zero-order chi connectivity index (χ0) is 16.1. The predicted octanol–water partition coefficient (Wildman–Crippen LogP) is 3.73.